The van der Waals surface area contributed by atoms with Gasteiger partial charge in [0.15, 0.2) is 0 Å². The van der Waals surface area contributed by atoms with E-state index in [-0.39, 0.29) is 12.1 Å². The van der Waals surface area contributed by atoms with Gasteiger partial charge in [-0.3, -0.25) is 4.90 Å². The van der Waals surface area contributed by atoms with E-state index in [1.165, 1.54) is 0 Å². The van der Waals surface area contributed by atoms with E-state index in [9.17, 15) is 4.79 Å². The Labute approximate surface area is 131 Å². The first kappa shape index (κ1) is 15.4. The summed E-state index contributed by atoms with van der Waals surface area (Å²) in [5.74, 6) is 2.86. The molecule has 0 radical (unpaired) electrons. The molecule has 0 aromatic carbocycles. The van der Waals surface area contributed by atoms with Crippen LogP contribution in [0.25, 0.3) is 0 Å². The normalized spacial score (nSPS) is 27.9. The summed E-state index contributed by atoms with van der Waals surface area (Å²) < 4.78 is 11.6. The van der Waals surface area contributed by atoms with Gasteiger partial charge in [0.2, 0.25) is 0 Å². The lowest BCUT2D eigenvalue weighted by molar-refractivity contribution is 0.0928. The Morgan fingerprint density at radius 1 is 1.41 bits per heavy atom. The van der Waals surface area contributed by atoms with Gasteiger partial charge < -0.3 is 19.4 Å². The molecule has 2 saturated heterocycles. The van der Waals surface area contributed by atoms with Crippen molar-refractivity contribution in [2.24, 2.45) is 11.8 Å². The average molecular weight is 307 g/mol. The number of furan rings is 1. The highest BCUT2D eigenvalue weighted by Crippen LogP contribution is 2.34. The minimum Gasteiger partial charge on any atom is -0.465 e. The lowest BCUT2D eigenvalue weighted by Gasteiger charge is -2.20. The minimum atomic E-state index is -0.0376. The maximum absolute atomic E-state index is 11.7. The molecule has 3 atom stereocenters. The van der Waals surface area contributed by atoms with E-state index in [2.05, 4.69) is 10.2 Å². The van der Waals surface area contributed by atoms with Gasteiger partial charge in [-0.2, -0.15) is 0 Å². The molecule has 0 unspecified atom stereocenters. The molecule has 122 valence electrons. The summed E-state index contributed by atoms with van der Waals surface area (Å²) in [5.41, 5.74) is 0. The highest BCUT2D eigenvalue weighted by molar-refractivity contribution is 5.73. The fraction of sp³-hybridized carbons (Fsp3) is 0.688. The first-order valence-electron chi connectivity index (χ1n) is 7.87. The van der Waals surface area contributed by atoms with Crippen molar-refractivity contribution in [1.82, 2.24) is 15.1 Å². The lowest BCUT2D eigenvalue weighted by atomic mass is 9.93. The van der Waals surface area contributed by atoms with Gasteiger partial charge in [0.1, 0.15) is 11.5 Å². The van der Waals surface area contributed by atoms with Crippen LogP contribution in [0.3, 0.4) is 0 Å². The van der Waals surface area contributed by atoms with Crippen LogP contribution in [0.2, 0.25) is 0 Å². The number of carbonyl (C=O) groups is 1. The van der Waals surface area contributed by atoms with Crippen LogP contribution >= 0.6 is 0 Å². The van der Waals surface area contributed by atoms with Crippen molar-refractivity contribution in [2.75, 3.05) is 40.3 Å². The van der Waals surface area contributed by atoms with Crippen LogP contribution in [0.15, 0.2) is 16.5 Å². The molecule has 0 aliphatic carbocycles. The number of ether oxygens (including phenoxy) is 1. The van der Waals surface area contributed by atoms with Gasteiger partial charge in [0, 0.05) is 45.6 Å². The van der Waals surface area contributed by atoms with Crippen molar-refractivity contribution in [3.05, 3.63) is 23.7 Å². The Kier molecular flexibility index (Phi) is 4.40. The molecular formula is C16H25N3O3. The average Bonchev–Trinajstić information content (AvgIpc) is 3.13. The molecule has 6 nitrogen and oxygen atoms in total. The lowest BCUT2D eigenvalue weighted by Crippen LogP contribution is -2.39. The van der Waals surface area contributed by atoms with Gasteiger partial charge in [-0.15, -0.1) is 0 Å². The standard InChI is InChI=1S/C16H25N3O3/c1-11-4-5-13(22-11)7-19-8-14-12(10-21-15(14)9-19)6-17-16(20)18(2)3/h4-5,12,14-15H,6-10H2,1-3H3,(H,17,20)/t12-,14+,15+/m1/s1. The van der Waals surface area contributed by atoms with E-state index < -0.39 is 0 Å². The van der Waals surface area contributed by atoms with Gasteiger partial charge in [0.25, 0.3) is 0 Å². The number of nitrogens with zero attached hydrogens (tertiary/aromatic N) is 2. The zero-order valence-corrected chi connectivity index (χ0v) is 13.5. The van der Waals surface area contributed by atoms with Crippen molar-refractivity contribution in [3.8, 4) is 0 Å². The number of fused-ring (bicyclic) bond motifs is 1. The summed E-state index contributed by atoms with van der Waals surface area (Å²) in [4.78, 5) is 15.6. The highest BCUT2D eigenvalue weighted by Gasteiger charge is 2.43. The van der Waals surface area contributed by atoms with E-state index in [1.807, 2.05) is 19.1 Å². The third-order valence-corrected chi connectivity index (χ3v) is 4.61. The summed E-state index contributed by atoms with van der Waals surface area (Å²) in [7, 11) is 3.51. The molecule has 22 heavy (non-hydrogen) atoms. The van der Waals surface area contributed by atoms with Crippen LogP contribution < -0.4 is 5.32 Å². The third-order valence-electron chi connectivity index (χ3n) is 4.61. The number of nitrogens with one attached hydrogen (secondary N) is 1. The second-order valence-electron chi connectivity index (χ2n) is 6.58. The summed E-state index contributed by atoms with van der Waals surface area (Å²) in [6.45, 7) is 6.19. The maximum Gasteiger partial charge on any atom is 0.316 e. The van der Waals surface area contributed by atoms with Gasteiger partial charge in [-0.05, 0) is 19.1 Å². The van der Waals surface area contributed by atoms with E-state index in [4.69, 9.17) is 9.15 Å². The van der Waals surface area contributed by atoms with Crippen molar-refractivity contribution in [3.63, 3.8) is 0 Å². The van der Waals surface area contributed by atoms with Crippen LogP contribution in [-0.4, -0.2) is 62.3 Å². The van der Waals surface area contributed by atoms with Crippen molar-refractivity contribution in [1.29, 1.82) is 0 Å². The summed E-state index contributed by atoms with van der Waals surface area (Å²) in [6.07, 6.45) is 0.289. The minimum absolute atomic E-state index is 0.0376. The Morgan fingerprint density at radius 2 is 2.23 bits per heavy atom. The fourth-order valence-corrected chi connectivity index (χ4v) is 3.39. The number of likely N-dealkylation sites (tertiary alicyclic amines) is 1. The zero-order valence-electron chi connectivity index (χ0n) is 13.5. The van der Waals surface area contributed by atoms with Crippen molar-refractivity contribution in [2.45, 2.75) is 19.6 Å². The first-order chi connectivity index (χ1) is 10.5. The topological polar surface area (TPSA) is 58.0 Å². The van der Waals surface area contributed by atoms with Gasteiger partial charge >= 0.3 is 6.03 Å². The molecule has 2 aliphatic heterocycles. The number of rotatable bonds is 4. The predicted octanol–water partition coefficient (Wildman–Crippen LogP) is 1.31. The molecule has 3 heterocycles. The second-order valence-corrected chi connectivity index (χ2v) is 6.58. The molecule has 0 saturated carbocycles. The van der Waals surface area contributed by atoms with Gasteiger partial charge in [0.05, 0.1) is 19.3 Å². The SMILES string of the molecule is Cc1ccc(CN2C[C@H]3[C@H](CNC(=O)N(C)C)CO[C@H]3C2)o1. The number of aryl methyl sites for hydroxylation is 1. The van der Waals surface area contributed by atoms with E-state index in [0.29, 0.717) is 18.4 Å². The molecule has 1 N–H and O–H groups in total. The number of hydrogen-bond acceptors (Lipinski definition) is 4. The molecule has 0 spiro atoms. The number of urea groups is 1. The summed E-state index contributed by atoms with van der Waals surface area (Å²) in [6, 6.07) is 4.01. The monoisotopic (exact) mass is 307 g/mol. The Morgan fingerprint density at radius 3 is 2.91 bits per heavy atom. The van der Waals surface area contributed by atoms with Crippen LogP contribution in [0.1, 0.15) is 11.5 Å². The molecule has 1 aromatic rings. The zero-order chi connectivity index (χ0) is 15.7. The molecular weight excluding hydrogens is 282 g/mol. The van der Waals surface area contributed by atoms with Crippen LogP contribution in [0, 0.1) is 18.8 Å². The van der Waals surface area contributed by atoms with Crippen LogP contribution in [0.4, 0.5) is 4.79 Å². The van der Waals surface area contributed by atoms with Crippen LogP contribution in [0.5, 0.6) is 0 Å². The smallest absolute Gasteiger partial charge is 0.316 e. The van der Waals surface area contributed by atoms with E-state index in [1.54, 1.807) is 19.0 Å². The maximum atomic E-state index is 11.7. The first-order valence-corrected chi connectivity index (χ1v) is 7.87. The van der Waals surface area contributed by atoms with E-state index >= 15 is 0 Å². The largest absolute Gasteiger partial charge is 0.465 e. The number of carbonyl (C=O) groups excluding carboxylic acids is 1. The molecule has 3 rings (SSSR count). The Hall–Kier alpha value is -1.53. The molecule has 6 heteroatoms. The fourth-order valence-electron chi connectivity index (χ4n) is 3.39. The molecule has 2 amide bonds. The van der Waals surface area contributed by atoms with Crippen LogP contribution in [-0.2, 0) is 11.3 Å². The van der Waals surface area contributed by atoms with E-state index in [0.717, 1.165) is 37.8 Å². The van der Waals surface area contributed by atoms with Crippen molar-refractivity contribution >= 4 is 6.03 Å². The van der Waals surface area contributed by atoms with Crippen molar-refractivity contribution < 1.29 is 13.9 Å². The third kappa shape index (κ3) is 3.28. The molecule has 2 aliphatic rings. The number of hydrogen-bond donors (Lipinski definition) is 1. The second kappa shape index (κ2) is 6.30. The molecule has 0 bridgehead atoms. The number of amides is 2. The predicted molar refractivity (Wildman–Crippen MR) is 82.5 cm³/mol. The Bertz CT molecular complexity index is 528. The highest BCUT2D eigenvalue weighted by atomic mass is 16.5. The molecule has 2 fully saturated rings. The van der Waals surface area contributed by atoms with Gasteiger partial charge in [-0.25, -0.2) is 4.79 Å². The quantitative estimate of drug-likeness (QED) is 0.911. The summed E-state index contributed by atoms with van der Waals surface area (Å²) >= 11 is 0. The summed E-state index contributed by atoms with van der Waals surface area (Å²) in [5, 5.41) is 2.97. The Balaban J connectivity index is 1.51. The molecule has 1 aromatic heterocycles. The van der Waals surface area contributed by atoms with Gasteiger partial charge in [-0.1, -0.05) is 0 Å².